The van der Waals surface area contributed by atoms with Crippen molar-refractivity contribution in [2.24, 2.45) is 5.92 Å². The van der Waals surface area contributed by atoms with Gasteiger partial charge in [-0.2, -0.15) is 0 Å². The first-order valence-electron chi connectivity index (χ1n) is 7.87. The molecule has 0 radical (unpaired) electrons. The van der Waals surface area contributed by atoms with Crippen LogP contribution < -0.4 is 10.6 Å². The molecule has 2 heterocycles. The quantitative estimate of drug-likeness (QED) is 0.819. The van der Waals surface area contributed by atoms with Gasteiger partial charge in [-0.05, 0) is 64.5 Å². The molecule has 118 valence electrons. The van der Waals surface area contributed by atoms with Gasteiger partial charge in [-0.1, -0.05) is 0 Å². The van der Waals surface area contributed by atoms with Gasteiger partial charge in [-0.15, -0.1) is 12.4 Å². The van der Waals surface area contributed by atoms with Gasteiger partial charge in [0.1, 0.15) is 0 Å². The third-order valence-electron chi connectivity index (χ3n) is 4.40. The van der Waals surface area contributed by atoms with E-state index >= 15 is 0 Å². The molecule has 0 bridgehead atoms. The van der Waals surface area contributed by atoms with Crippen LogP contribution in [-0.4, -0.2) is 37.7 Å². The van der Waals surface area contributed by atoms with E-state index in [1.54, 1.807) is 0 Å². The molecule has 5 heteroatoms. The molecule has 0 spiro atoms. The zero-order valence-corrected chi connectivity index (χ0v) is 13.3. The number of hydrogen-bond donors (Lipinski definition) is 2. The van der Waals surface area contributed by atoms with Crippen molar-refractivity contribution in [3.63, 3.8) is 0 Å². The lowest BCUT2D eigenvalue weighted by Gasteiger charge is -2.29. The lowest BCUT2D eigenvalue weighted by Crippen LogP contribution is -2.44. The van der Waals surface area contributed by atoms with Gasteiger partial charge in [0.25, 0.3) is 0 Å². The SMILES string of the molecule is CC(NC(=O)CCC1CCCCO1)C1CCCNC1.Cl. The number of carbonyl (C=O) groups excluding carboxylic acids is 1. The average Bonchev–Trinajstić information content (AvgIpc) is 2.47. The summed E-state index contributed by atoms with van der Waals surface area (Å²) in [6.07, 6.45) is 7.78. The Morgan fingerprint density at radius 3 is 2.85 bits per heavy atom. The fourth-order valence-electron chi connectivity index (χ4n) is 3.08. The molecule has 2 fully saturated rings. The molecular formula is C15H29ClN2O2. The number of ether oxygens (including phenoxy) is 1. The van der Waals surface area contributed by atoms with Crippen molar-refractivity contribution >= 4 is 18.3 Å². The molecule has 0 aromatic carbocycles. The highest BCUT2D eigenvalue weighted by Crippen LogP contribution is 2.17. The molecule has 2 aliphatic rings. The van der Waals surface area contributed by atoms with E-state index in [4.69, 9.17) is 4.74 Å². The van der Waals surface area contributed by atoms with Crippen LogP contribution in [0.3, 0.4) is 0 Å². The Hall–Kier alpha value is -0.320. The van der Waals surface area contributed by atoms with Gasteiger partial charge in [0.15, 0.2) is 0 Å². The number of hydrogen-bond acceptors (Lipinski definition) is 3. The second-order valence-corrected chi connectivity index (χ2v) is 5.99. The van der Waals surface area contributed by atoms with Crippen molar-refractivity contribution in [3.05, 3.63) is 0 Å². The number of amides is 1. The number of piperidine rings is 1. The van der Waals surface area contributed by atoms with E-state index in [0.717, 1.165) is 32.5 Å². The van der Waals surface area contributed by atoms with Crippen LogP contribution in [0.25, 0.3) is 0 Å². The monoisotopic (exact) mass is 304 g/mol. The number of carbonyl (C=O) groups is 1. The van der Waals surface area contributed by atoms with Crippen molar-refractivity contribution in [3.8, 4) is 0 Å². The first kappa shape index (κ1) is 17.7. The number of nitrogens with one attached hydrogen (secondary N) is 2. The largest absolute Gasteiger partial charge is 0.378 e. The summed E-state index contributed by atoms with van der Waals surface area (Å²) in [6, 6.07) is 0.285. The Kier molecular flexibility index (Phi) is 8.50. The third kappa shape index (κ3) is 5.98. The van der Waals surface area contributed by atoms with E-state index in [2.05, 4.69) is 17.6 Å². The zero-order valence-electron chi connectivity index (χ0n) is 12.5. The summed E-state index contributed by atoms with van der Waals surface area (Å²) in [5, 5.41) is 6.56. The molecule has 2 aliphatic heterocycles. The van der Waals surface area contributed by atoms with Gasteiger partial charge < -0.3 is 15.4 Å². The molecule has 4 nitrogen and oxygen atoms in total. The van der Waals surface area contributed by atoms with Crippen molar-refractivity contribution in [1.29, 1.82) is 0 Å². The van der Waals surface area contributed by atoms with Crippen LogP contribution in [0.5, 0.6) is 0 Å². The molecule has 3 atom stereocenters. The van der Waals surface area contributed by atoms with Crippen LogP contribution in [0.4, 0.5) is 0 Å². The first-order valence-corrected chi connectivity index (χ1v) is 7.87. The van der Waals surface area contributed by atoms with Crippen LogP contribution in [0.15, 0.2) is 0 Å². The highest BCUT2D eigenvalue weighted by molar-refractivity contribution is 5.85. The van der Waals surface area contributed by atoms with Crippen LogP contribution >= 0.6 is 12.4 Å². The Labute approximate surface area is 128 Å². The maximum absolute atomic E-state index is 12.0. The minimum Gasteiger partial charge on any atom is -0.378 e. The zero-order chi connectivity index (χ0) is 13.5. The van der Waals surface area contributed by atoms with Crippen LogP contribution in [0.2, 0.25) is 0 Å². The van der Waals surface area contributed by atoms with Crippen molar-refractivity contribution in [2.75, 3.05) is 19.7 Å². The fourth-order valence-corrected chi connectivity index (χ4v) is 3.08. The Morgan fingerprint density at radius 1 is 1.35 bits per heavy atom. The summed E-state index contributed by atoms with van der Waals surface area (Å²) >= 11 is 0. The summed E-state index contributed by atoms with van der Waals surface area (Å²) in [5.74, 6) is 0.774. The second-order valence-electron chi connectivity index (χ2n) is 5.99. The fraction of sp³-hybridized carbons (Fsp3) is 0.933. The van der Waals surface area contributed by atoms with Gasteiger partial charge in [0.05, 0.1) is 6.10 Å². The maximum atomic E-state index is 12.0. The van der Waals surface area contributed by atoms with Gasteiger partial charge >= 0.3 is 0 Å². The lowest BCUT2D eigenvalue weighted by molar-refractivity contribution is -0.123. The second kappa shape index (κ2) is 9.59. The van der Waals surface area contributed by atoms with Crippen molar-refractivity contribution in [2.45, 2.75) is 64.0 Å². The van der Waals surface area contributed by atoms with Gasteiger partial charge in [0, 0.05) is 19.1 Å². The van der Waals surface area contributed by atoms with E-state index in [1.165, 1.54) is 25.7 Å². The maximum Gasteiger partial charge on any atom is 0.220 e. The molecule has 2 saturated heterocycles. The van der Waals surface area contributed by atoms with E-state index in [1.807, 2.05) is 0 Å². The standard InChI is InChI=1S/C15H28N2O2.ClH/c1-12(13-5-4-9-16-11-13)17-15(18)8-7-14-6-2-3-10-19-14;/h12-14,16H,2-11H2,1H3,(H,17,18);1H. The molecular weight excluding hydrogens is 276 g/mol. The third-order valence-corrected chi connectivity index (χ3v) is 4.40. The number of halogens is 1. The Bertz CT molecular complexity index is 277. The number of rotatable bonds is 5. The molecule has 0 saturated carbocycles. The van der Waals surface area contributed by atoms with Crippen LogP contribution in [0.1, 0.15) is 51.9 Å². The summed E-state index contributed by atoms with van der Waals surface area (Å²) in [4.78, 5) is 12.0. The molecule has 20 heavy (non-hydrogen) atoms. The Morgan fingerprint density at radius 2 is 2.20 bits per heavy atom. The predicted molar refractivity (Wildman–Crippen MR) is 83.3 cm³/mol. The van der Waals surface area contributed by atoms with E-state index < -0.39 is 0 Å². The molecule has 0 aliphatic carbocycles. The molecule has 2 rings (SSSR count). The minimum atomic E-state index is 0. The van der Waals surface area contributed by atoms with E-state index in [9.17, 15) is 4.79 Å². The normalized spacial score (nSPS) is 28.2. The van der Waals surface area contributed by atoms with Crippen molar-refractivity contribution < 1.29 is 9.53 Å². The average molecular weight is 305 g/mol. The van der Waals surface area contributed by atoms with Gasteiger partial charge in [-0.25, -0.2) is 0 Å². The highest BCUT2D eigenvalue weighted by Gasteiger charge is 2.22. The summed E-state index contributed by atoms with van der Waals surface area (Å²) in [7, 11) is 0. The van der Waals surface area contributed by atoms with Crippen LogP contribution in [-0.2, 0) is 9.53 Å². The van der Waals surface area contributed by atoms with E-state index in [-0.39, 0.29) is 24.4 Å². The van der Waals surface area contributed by atoms with Gasteiger partial charge in [-0.3, -0.25) is 4.79 Å². The summed E-state index contributed by atoms with van der Waals surface area (Å²) in [6.45, 7) is 5.16. The van der Waals surface area contributed by atoms with E-state index in [0.29, 0.717) is 18.4 Å². The predicted octanol–water partition coefficient (Wildman–Crippen LogP) is 2.26. The molecule has 0 aromatic heterocycles. The van der Waals surface area contributed by atoms with Crippen LogP contribution in [0, 0.1) is 5.92 Å². The van der Waals surface area contributed by atoms with Gasteiger partial charge in [0.2, 0.25) is 5.91 Å². The van der Waals surface area contributed by atoms with Crippen molar-refractivity contribution in [1.82, 2.24) is 10.6 Å². The Balaban J connectivity index is 0.00000200. The first-order chi connectivity index (χ1) is 9.25. The lowest BCUT2D eigenvalue weighted by atomic mass is 9.92. The summed E-state index contributed by atoms with van der Waals surface area (Å²) in [5.41, 5.74) is 0. The molecule has 3 unspecified atom stereocenters. The highest BCUT2D eigenvalue weighted by atomic mass is 35.5. The molecule has 1 amide bonds. The topological polar surface area (TPSA) is 50.4 Å². The summed E-state index contributed by atoms with van der Waals surface area (Å²) < 4.78 is 5.66. The smallest absolute Gasteiger partial charge is 0.220 e. The molecule has 0 aromatic rings. The molecule has 2 N–H and O–H groups in total. The minimum absolute atomic E-state index is 0.